The van der Waals surface area contributed by atoms with Gasteiger partial charge in [0.15, 0.2) is 5.69 Å². The van der Waals surface area contributed by atoms with Gasteiger partial charge in [0.2, 0.25) is 5.91 Å². The molecule has 154 valence electrons. The molecular formula is C21H25FN4O2S. The zero-order valence-corrected chi connectivity index (χ0v) is 17.0. The summed E-state index contributed by atoms with van der Waals surface area (Å²) in [5, 5.41) is 8.58. The zero-order chi connectivity index (χ0) is 20.2. The van der Waals surface area contributed by atoms with Crippen molar-refractivity contribution in [1.29, 1.82) is 0 Å². The standard InChI is InChI=1S/C21H25FN4O2S/c22-17-12-6-5-11-16(17)19(20(27)23-14-7-1-2-8-14)26(15-9-3-4-10-15)21(28)18-13-29-25-24-18/h5-6,11-15,19H,1-4,7-10H2,(H,23,27)/t19-/m1/s1. The summed E-state index contributed by atoms with van der Waals surface area (Å²) in [7, 11) is 0. The third-order valence-corrected chi connectivity index (χ3v) is 6.46. The van der Waals surface area contributed by atoms with Crippen molar-refractivity contribution in [3.63, 3.8) is 0 Å². The lowest BCUT2D eigenvalue weighted by atomic mass is 9.99. The number of aromatic nitrogens is 2. The molecule has 29 heavy (non-hydrogen) atoms. The van der Waals surface area contributed by atoms with Gasteiger partial charge < -0.3 is 10.2 Å². The Morgan fingerprint density at radius 3 is 2.45 bits per heavy atom. The van der Waals surface area contributed by atoms with E-state index in [2.05, 4.69) is 14.9 Å². The van der Waals surface area contributed by atoms with Crippen molar-refractivity contribution < 1.29 is 14.0 Å². The van der Waals surface area contributed by atoms with Crippen LogP contribution in [-0.2, 0) is 4.79 Å². The van der Waals surface area contributed by atoms with Crippen molar-refractivity contribution in [3.05, 3.63) is 46.7 Å². The Balaban J connectivity index is 1.73. The van der Waals surface area contributed by atoms with E-state index in [4.69, 9.17) is 0 Å². The normalized spacial score (nSPS) is 18.7. The minimum Gasteiger partial charge on any atom is -0.351 e. The van der Waals surface area contributed by atoms with E-state index in [9.17, 15) is 14.0 Å². The lowest BCUT2D eigenvalue weighted by molar-refractivity contribution is -0.127. The van der Waals surface area contributed by atoms with Gasteiger partial charge in [-0.2, -0.15) is 0 Å². The summed E-state index contributed by atoms with van der Waals surface area (Å²) < 4.78 is 18.6. The molecular weight excluding hydrogens is 391 g/mol. The first-order valence-corrected chi connectivity index (χ1v) is 11.1. The molecule has 2 amide bonds. The van der Waals surface area contributed by atoms with Gasteiger partial charge in [0.1, 0.15) is 11.9 Å². The Hall–Kier alpha value is -2.35. The van der Waals surface area contributed by atoms with E-state index < -0.39 is 11.9 Å². The minimum absolute atomic E-state index is 0.0817. The molecule has 2 saturated carbocycles. The van der Waals surface area contributed by atoms with Crippen LogP contribution in [0.4, 0.5) is 4.39 Å². The number of nitrogens with one attached hydrogen (secondary N) is 1. The maximum Gasteiger partial charge on any atom is 0.276 e. The molecule has 0 radical (unpaired) electrons. The topological polar surface area (TPSA) is 75.2 Å². The van der Waals surface area contributed by atoms with Gasteiger partial charge in [0.05, 0.1) is 0 Å². The second kappa shape index (κ2) is 8.98. The van der Waals surface area contributed by atoms with Crippen LogP contribution in [0.1, 0.15) is 73.5 Å². The first-order valence-electron chi connectivity index (χ1n) is 10.3. The second-order valence-electron chi connectivity index (χ2n) is 7.85. The number of amides is 2. The largest absolute Gasteiger partial charge is 0.351 e. The van der Waals surface area contributed by atoms with Crippen molar-refractivity contribution in [2.24, 2.45) is 0 Å². The van der Waals surface area contributed by atoms with Crippen LogP contribution in [0.15, 0.2) is 29.6 Å². The maximum atomic E-state index is 14.8. The van der Waals surface area contributed by atoms with Crippen LogP contribution in [0.25, 0.3) is 0 Å². The van der Waals surface area contributed by atoms with E-state index >= 15 is 0 Å². The average Bonchev–Trinajstić information content (AvgIpc) is 3.49. The zero-order valence-electron chi connectivity index (χ0n) is 16.2. The van der Waals surface area contributed by atoms with Crippen LogP contribution in [0.2, 0.25) is 0 Å². The Kier molecular flexibility index (Phi) is 6.18. The molecule has 0 bridgehead atoms. The molecule has 1 aromatic heterocycles. The molecule has 0 unspecified atom stereocenters. The number of hydrogen-bond donors (Lipinski definition) is 1. The first-order chi connectivity index (χ1) is 14.1. The van der Waals surface area contributed by atoms with Crippen LogP contribution in [0.3, 0.4) is 0 Å². The number of halogens is 1. The quantitative estimate of drug-likeness (QED) is 0.776. The van der Waals surface area contributed by atoms with Gasteiger partial charge in [-0.1, -0.05) is 48.4 Å². The van der Waals surface area contributed by atoms with Gasteiger partial charge in [-0.05, 0) is 43.3 Å². The van der Waals surface area contributed by atoms with Crippen LogP contribution >= 0.6 is 11.5 Å². The lowest BCUT2D eigenvalue weighted by Gasteiger charge is -2.36. The Bertz CT molecular complexity index is 848. The maximum absolute atomic E-state index is 14.8. The molecule has 8 heteroatoms. The summed E-state index contributed by atoms with van der Waals surface area (Å²) in [6, 6.07) is 5.18. The van der Waals surface area contributed by atoms with E-state index in [0.717, 1.165) is 62.9 Å². The van der Waals surface area contributed by atoms with Gasteiger partial charge in [-0.15, -0.1) is 5.10 Å². The van der Waals surface area contributed by atoms with Crippen LogP contribution in [0.5, 0.6) is 0 Å². The molecule has 0 aliphatic heterocycles. The number of carbonyl (C=O) groups is 2. The molecule has 0 saturated heterocycles. The van der Waals surface area contributed by atoms with E-state index in [1.165, 1.54) is 6.07 Å². The lowest BCUT2D eigenvalue weighted by Crippen LogP contribution is -2.50. The number of rotatable bonds is 6. The average molecular weight is 417 g/mol. The molecule has 2 aromatic rings. The number of carbonyl (C=O) groups excluding carboxylic acids is 2. The van der Waals surface area contributed by atoms with Crippen molar-refractivity contribution >= 4 is 23.3 Å². The predicted molar refractivity (Wildman–Crippen MR) is 108 cm³/mol. The highest BCUT2D eigenvalue weighted by Gasteiger charge is 2.40. The third-order valence-electron chi connectivity index (χ3n) is 5.96. The molecule has 1 heterocycles. The predicted octanol–water partition coefficient (Wildman–Crippen LogP) is 3.86. The van der Waals surface area contributed by atoms with Crippen LogP contribution in [-0.4, -0.2) is 38.4 Å². The van der Waals surface area contributed by atoms with E-state index in [-0.39, 0.29) is 35.2 Å². The Morgan fingerprint density at radius 1 is 1.10 bits per heavy atom. The highest BCUT2D eigenvalue weighted by atomic mass is 32.1. The molecule has 2 fully saturated rings. The third kappa shape index (κ3) is 4.32. The Labute approximate surface area is 173 Å². The fraction of sp³-hybridized carbons (Fsp3) is 0.524. The van der Waals surface area contributed by atoms with Crippen molar-refractivity contribution in [1.82, 2.24) is 19.8 Å². The SMILES string of the molecule is O=C(NC1CCCC1)[C@@H](c1ccccc1F)N(C(=O)c1csnn1)C1CCCC1. The highest BCUT2D eigenvalue weighted by molar-refractivity contribution is 7.03. The van der Waals surface area contributed by atoms with E-state index in [1.54, 1.807) is 28.5 Å². The van der Waals surface area contributed by atoms with Crippen molar-refractivity contribution in [2.75, 3.05) is 0 Å². The molecule has 4 rings (SSSR count). The van der Waals surface area contributed by atoms with Crippen LogP contribution in [0, 0.1) is 5.82 Å². The van der Waals surface area contributed by atoms with Gasteiger partial charge >= 0.3 is 0 Å². The molecule has 1 atom stereocenters. The highest BCUT2D eigenvalue weighted by Crippen LogP contribution is 2.34. The Morgan fingerprint density at radius 2 is 1.79 bits per heavy atom. The molecule has 2 aliphatic rings. The molecule has 1 N–H and O–H groups in total. The summed E-state index contributed by atoms with van der Waals surface area (Å²) in [6.45, 7) is 0. The van der Waals surface area contributed by atoms with Gasteiger partial charge in [-0.25, -0.2) is 4.39 Å². The summed E-state index contributed by atoms with van der Waals surface area (Å²) in [5.41, 5.74) is 0.434. The number of nitrogens with zero attached hydrogens (tertiary/aromatic N) is 3. The summed E-state index contributed by atoms with van der Waals surface area (Å²) in [6.07, 6.45) is 7.55. The number of hydrogen-bond acceptors (Lipinski definition) is 5. The van der Waals surface area contributed by atoms with Crippen LogP contribution < -0.4 is 5.32 Å². The van der Waals surface area contributed by atoms with E-state index in [0.29, 0.717) is 0 Å². The van der Waals surface area contributed by atoms with Crippen molar-refractivity contribution in [2.45, 2.75) is 69.5 Å². The molecule has 2 aliphatic carbocycles. The summed E-state index contributed by atoms with van der Waals surface area (Å²) in [5.74, 6) is -1.16. The minimum atomic E-state index is -1.02. The summed E-state index contributed by atoms with van der Waals surface area (Å²) >= 11 is 1.09. The summed E-state index contributed by atoms with van der Waals surface area (Å²) in [4.78, 5) is 28.4. The fourth-order valence-corrected chi connectivity index (χ4v) is 4.96. The first kappa shape index (κ1) is 19.9. The van der Waals surface area contributed by atoms with Gasteiger partial charge in [0.25, 0.3) is 5.91 Å². The van der Waals surface area contributed by atoms with Crippen molar-refractivity contribution in [3.8, 4) is 0 Å². The monoisotopic (exact) mass is 416 g/mol. The van der Waals surface area contributed by atoms with Gasteiger partial charge in [0, 0.05) is 23.0 Å². The van der Waals surface area contributed by atoms with Gasteiger partial charge in [-0.3, -0.25) is 9.59 Å². The smallest absolute Gasteiger partial charge is 0.276 e. The molecule has 6 nitrogen and oxygen atoms in total. The molecule has 0 spiro atoms. The van der Waals surface area contributed by atoms with E-state index in [1.807, 2.05) is 0 Å². The fourth-order valence-electron chi connectivity index (χ4n) is 4.53. The molecule has 1 aromatic carbocycles. The second-order valence-corrected chi connectivity index (χ2v) is 8.46. The number of benzene rings is 1.